The fraction of sp³-hybridized carbons (Fsp3) is 0.0588. The van der Waals surface area contributed by atoms with Crippen LogP contribution in [0.1, 0.15) is 5.82 Å². The summed E-state index contributed by atoms with van der Waals surface area (Å²) in [4.78, 5) is 18.4. The van der Waals surface area contributed by atoms with Gasteiger partial charge in [-0.3, -0.25) is 0 Å². The van der Waals surface area contributed by atoms with Gasteiger partial charge in [0.25, 0.3) is 0 Å². The average molecular weight is 293 g/mol. The summed E-state index contributed by atoms with van der Waals surface area (Å²) in [5.41, 5.74) is 3.69. The molecule has 1 heterocycles. The smallest absolute Gasteiger partial charge is 0.405 e. The van der Waals surface area contributed by atoms with Crippen molar-refractivity contribution in [2.24, 2.45) is 0 Å². The molecule has 0 saturated heterocycles. The number of hydrogen-bond acceptors (Lipinski definition) is 2. The molecule has 0 spiro atoms. The van der Waals surface area contributed by atoms with Gasteiger partial charge < -0.3 is 15.4 Å². The Bertz CT molecular complexity index is 710. The monoisotopic (exact) mass is 293 g/mol. The van der Waals surface area contributed by atoms with Gasteiger partial charge in [0, 0.05) is 11.1 Å². The lowest BCUT2D eigenvalue weighted by molar-refractivity contribution is 0.193. The van der Waals surface area contributed by atoms with Gasteiger partial charge in [0.15, 0.2) is 0 Å². The Labute approximate surface area is 127 Å². The van der Waals surface area contributed by atoms with Gasteiger partial charge in [0.2, 0.25) is 0 Å². The van der Waals surface area contributed by atoms with Crippen LogP contribution in [-0.2, 0) is 6.54 Å². The second-order valence-electron chi connectivity index (χ2n) is 4.80. The average Bonchev–Trinajstić information content (AvgIpc) is 2.99. The van der Waals surface area contributed by atoms with E-state index in [-0.39, 0.29) is 6.54 Å². The zero-order valence-corrected chi connectivity index (χ0v) is 11.8. The van der Waals surface area contributed by atoms with Gasteiger partial charge >= 0.3 is 6.09 Å². The molecule has 1 amide bonds. The number of hydrogen-bond donors (Lipinski definition) is 3. The molecule has 0 aliphatic rings. The Morgan fingerprint density at radius 2 is 1.59 bits per heavy atom. The molecule has 3 rings (SSSR count). The third-order valence-electron chi connectivity index (χ3n) is 3.27. The van der Waals surface area contributed by atoms with E-state index in [0.29, 0.717) is 5.82 Å². The van der Waals surface area contributed by atoms with E-state index in [1.165, 1.54) is 0 Å². The van der Waals surface area contributed by atoms with Crippen LogP contribution in [0.15, 0.2) is 60.7 Å². The summed E-state index contributed by atoms with van der Waals surface area (Å²) < 4.78 is 0. The van der Waals surface area contributed by atoms with Crippen molar-refractivity contribution in [1.82, 2.24) is 15.3 Å². The van der Waals surface area contributed by atoms with E-state index in [2.05, 4.69) is 15.3 Å². The minimum atomic E-state index is -1.07. The summed E-state index contributed by atoms with van der Waals surface area (Å²) in [5.74, 6) is 0.583. The minimum absolute atomic E-state index is 0.141. The number of rotatable bonds is 4. The van der Waals surface area contributed by atoms with Gasteiger partial charge in [-0.25, -0.2) is 9.78 Å². The molecule has 3 aromatic rings. The Balaban J connectivity index is 2.04. The number of carbonyl (C=O) groups is 1. The van der Waals surface area contributed by atoms with E-state index in [0.717, 1.165) is 22.5 Å². The first-order valence-corrected chi connectivity index (χ1v) is 6.90. The van der Waals surface area contributed by atoms with Gasteiger partial charge in [-0.2, -0.15) is 0 Å². The van der Waals surface area contributed by atoms with Crippen LogP contribution in [0.5, 0.6) is 0 Å². The third-order valence-corrected chi connectivity index (χ3v) is 3.27. The highest BCUT2D eigenvalue weighted by molar-refractivity contribution is 5.78. The summed E-state index contributed by atoms with van der Waals surface area (Å²) in [6.07, 6.45) is -1.07. The summed E-state index contributed by atoms with van der Waals surface area (Å²) in [7, 11) is 0. The van der Waals surface area contributed by atoms with Crippen LogP contribution in [0.2, 0.25) is 0 Å². The molecule has 110 valence electrons. The van der Waals surface area contributed by atoms with Gasteiger partial charge in [-0.05, 0) is 0 Å². The number of H-pyrrole nitrogens is 1. The minimum Gasteiger partial charge on any atom is -0.465 e. The topological polar surface area (TPSA) is 78.0 Å². The molecule has 0 unspecified atom stereocenters. The van der Waals surface area contributed by atoms with Crippen molar-refractivity contribution in [2.75, 3.05) is 0 Å². The van der Waals surface area contributed by atoms with Crippen molar-refractivity contribution < 1.29 is 9.90 Å². The first-order valence-electron chi connectivity index (χ1n) is 6.90. The molecule has 0 bridgehead atoms. The second-order valence-corrected chi connectivity index (χ2v) is 4.80. The highest BCUT2D eigenvalue weighted by atomic mass is 16.4. The molecule has 0 saturated carbocycles. The van der Waals surface area contributed by atoms with Crippen LogP contribution in [0, 0.1) is 0 Å². The fourth-order valence-electron chi connectivity index (χ4n) is 2.28. The van der Waals surface area contributed by atoms with E-state index < -0.39 is 6.09 Å². The normalized spacial score (nSPS) is 10.4. The van der Waals surface area contributed by atoms with Crippen molar-refractivity contribution in [3.8, 4) is 22.5 Å². The predicted octanol–water partition coefficient (Wildman–Crippen LogP) is 3.51. The van der Waals surface area contributed by atoms with Crippen LogP contribution in [0.3, 0.4) is 0 Å². The lowest BCUT2D eigenvalue weighted by Crippen LogP contribution is -2.20. The van der Waals surface area contributed by atoms with Crippen molar-refractivity contribution in [3.63, 3.8) is 0 Å². The summed E-state index contributed by atoms with van der Waals surface area (Å²) in [5, 5.41) is 11.1. The molecule has 0 aliphatic carbocycles. The quantitative estimate of drug-likeness (QED) is 0.688. The molecule has 22 heavy (non-hydrogen) atoms. The fourth-order valence-corrected chi connectivity index (χ4v) is 2.28. The first kappa shape index (κ1) is 13.9. The maximum Gasteiger partial charge on any atom is 0.405 e. The number of nitrogens with one attached hydrogen (secondary N) is 2. The second kappa shape index (κ2) is 6.13. The molecule has 0 aliphatic heterocycles. The maximum atomic E-state index is 10.7. The molecular weight excluding hydrogens is 278 g/mol. The summed E-state index contributed by atoms with van der Waals surface area (Å²) >= 11 is 0. The Morgan fingerprint density at radius 1 is 1.00 bits per heavy atom. The van der Waals surface area contributed by atoms with E-state index in [9.17, 15) is 4.79 Å². The molecular formula is C17H15N3O2. The van der Waals surface area contributed by atoms with Crippen molar-refractivity contribution >= 4 is 6.09 Å². The van der Waals surface area contributed by atoms with Gasteiger partial charge in [-0.1, -0.05) is 60.7 Å². The molecule has 0 fully saturated rings. The molecule has 0 atom stereocenters. The number of aromatic nitrogens is 2. The highest BCUT2D eigenvalue weighted by Gasteiger charge is 2.14. The molecule has 1 aromatic heterocycles. The lowest BCUT2D eigenvalue weighted by Gasteiger charge is -2.02. The maximum absolute atomic E-state index is 10.7. The number of amides is 1. The van der Waals surface area contributed by atoms with Crippen molar-refractivity contribution in [3.05, 3.63) is 66.5 Å². The Kier molecular flexibility index (Phi) is 3.87. The van der Waals surface area contributed by atoms with Crippen LogP contribution in [-0.4, -0.2) is 21.2 Å². The lowest BCUT2D eigenvalue weighted by atomic mass is 10.1. The Morgan fingerprint density at radius 3 is 2.18 bits per heavy atom. The van der Waals surface area contributed by atoms with E-state index in [1.54, 1.807) is 0 Å². The molecule has 0 radical (unpaired) electrons. The molecule has 3 N–H and O–H groups in total. The zero-order chi connectivity index (χ0) is 15.4. The summed E-state index contributed by atoms with van der Waals surface area (Å²) in [6, 6.07) is 19.7. The third kappa shape index (κ3) is 2.98. The first-order chi connectivity index (χ1) is 10.7. The standard InChI is InChI=1S/C17H15N3O2/c21-17(22)18-11-14-19-15(12-7-3-1-4-8-12)16(20-14)13-9-5-2-6-10-13/h1-10,18H,11H2,(H,19,20)(H,21,22). The van der Waals surface area contributed by atoms with E-state index in [4.69, 9.17) is 5.11 Å². The number of nitrogens with zero attached hydrogens (tertiary/aromatic N) is 1. The summed E-state index contributed by atoms with van der Waals surface area (Å²) in [6.45, 7) is 0.141. The van der Waals surface area contributed by atoms with Crippen LogP contribution in [0.25, 0.3) is 22.5 Å². The molecule has 5 nitrogen and oxygen atoms in total. The van der Waals surface area contributed by atoms with Crippen molar-refractivity contribution in [2.45, 2.75) is 6.54 Å². The van der Waals surface area contributed by atoms with Crippen LogP contribution < -0.4 is 5.32 Å². The van der Waals surface area contributed by atoms with Gasteiger partial charge in [-0.15, -0.1) is 0 Å². The predicted molar refractivity (Wildman–Crippen MR) is 84.3 cm³/mol. The van der Waals surface area contributed by atoms with E-state index >= 15 is 0 Å². The van der Waals surface area contributed by atoms with Gasteiger partial charge in [0.1, 0.15) is 5.82 Å². The largest absolute Gasteiger partial charge is 0.465 e. The number of benzene rings is 2. The molecule has 2 aromatic carbocycles. The van der Waals surface area contributed by atoms with Crippen molar-refractivity contribution in [1.29, 1.82) is 0 Å². The highest BCUT2D eigenvalue weighted by Crippen LogP contribution is 2.29. The van der Waals surface area contributed by atoms with Crippen LogP contribution >= 0.6 is 0 Å². The van der Waals surface area contributed by atoms with Crippen LogP contribution in [0.4, 0.5) is 4.79 Å². The zero-order valence-electron chi connectivity index (χ0n) is 11.8. The number of imidazole rings is 1. The Hall–Kier alpha value is -3.08. The van der Waals surface area contributed by atoms with Gasteiger partial charge in [0.05, 0.1) is 17.9 Å². The number of aromatic amines is 1. The molecule has 5 heteroatoms. The SMILES string of the molecule is O=C(O)NCc1nc(-c2ccccc2)c(-c2ccccc2)[nH]1. The van der Waals surface area contributed by atoms with E-state index in [1.807, 2.05) is 60.7 Å². The number of carboxylic acid groups (broad SMARTS) is 1.